The second-order valence-corrected chi connectivity index (χ2v) is 16.6. The van der Waals surface area contributed by atoms with Gasteiger partial charge in [0.2, 0.25) is 17.8 Å². The number of piperidine rings is 3. The highest BCUT2D eigenvalue weighted by Gasteiger charge is 2.56. The van der Waals surface area contributed by atoms with Crippen molar-refractivity contribution in [1.29, 1.82) is 0 Å². The number of thioether (sulfide) groups is 1. The van der Waals surface area contributed by atoms with Crippen LogP contribution in [0.25, 0.3) is 0 Å². The third-order valence-corrected chi connectivity index (χ3v) is 13.1. The molecule has 19 nitrogen and oxygen atoms in total. The van der Waals surface area contributed by atoms with Gasteiger partial charge in [-0.3, -0.25) is 28.9 Å². The fourth-order valence-electron chi connectivity index (χ4n) is 7.55. The van der Waals surface area contributed by atoms with Crippen molar-refractivity contribution in [1.82, 2.24) is 15.2 Å². The van der Waals surface area contributed by atoms with Crippen LogP contribution in [0.3, 0.4) is 0 Å². The topological polar surface area (TPSA) is 296 Å². The van der Waals surface area contributed by atoms with Crippen LogP contribution in [-0.4, -0.2) is 137 Å². The van der Waals surface area contributed by atoms with E-state index in [1.807, 2.05) is 0 Å². The molecule has 0 unspecified atom stereocenters. The highest BCUT2D eigenvalue weighted by molar-refractivity contribution is 8.00. The first-order valence-electron chi connectivity index (χ1n) is 17.2. The average Bonchev–Trinajstić information content (AvgIpc) is 3.59. The minimum atomic E-state index is -1.92. The van der Waals surface area contributed by atoms with Crippen LogP contribution in [0, 0.1) is 11.3 Å². The highest BCUT2D eigenvalue weighted by Crippen LogP contribution is 2.48. The number of phenols is 2. The summed E-state index contributed by atoms with van der Waals surface area (Å²) in [5, 5.41) is 54.9. The molecule has 6 heterocycles. The standard InChI is InChI=1S/C34H35ClN6O13S2/c35-18-7-15(8-21(43)27(18)47)26(46)28(48)37-14-34-1-4-41(5-2-34,6-3-34)11-16-12-55-30-17(29(49)40(30)25(16)32(52)53)9-20(42)24(19-13-56-33(36)38-19)39-54-22(31(50)51)10-23(44)45/h7-8,13,17,22,30H,1-6,9-12,14H2,(H7-,36,37,38,39,42,43,44,45,46,47,48,50,51,52,53)/p+1/t17-,22+,30-,34?,41?/m1/s1. The number of benzene rings is 1. The normalized spacial score (nSPS) is 24.8. The molecular weight excluding hydrogens is 800 g/mol. The minimum Gasteiger partial charge on any atom is -0.504 e. The number of hydrogen-bond donors (Lipinski definition) is 7. The van der Waals surface area contributed by atoms with Crippen molar-refractivity contribution >= 4 is 86.8 Å². The molecule has 2 amide bonds. The zero-order valence-corrected chi connectivity index (χ0v) is 31.7. The van der Waals surface area contributed by atoms with Crippen LogP contribution in [0.4, 0.5) is 5.13 Å². The molecule has 0 radical (unpaired) electrons. The first-order chi connectivity index (χ1) is 26.4. The Kier molecular flexibility index (Phi) is 11.3. The van der Waals surface area contributed by atoms with E-state index < -0.39 is 88.7 Å². The fourth-order valence-corrected chi connectivity index (χ4v) is 9.72. The molecule has 3 atom stereocenters. The monoisotopic (exact) mass is 835 g/mol. The molecule has 0 spiro atoms. The van der Waals surface area contributed by atoms with E-state index in [9.17, 15) is 54.0 Å². The van der Waals surface area contributed by atoms with Gasteiger partial charge in [-0.15, -0.1) is 23.1 Å². The molecule has 4 fully saturated rings. The predicted octanol–water partition coefficient (Wildman–Crippen LogP) is 1.27. The number of aliphatic carboxylic acids is 3. The van der Waals surface area contributed by atoms with Crippen molar-refractivity contribution in [3.8, 4) is 11.5 Å². The van der Waals surface area contributed by atoms with Gasteiger partial charge in [-0.1, -0.05) is 16.8 Å². The van der Waals surface area contributed by atoms with Crippen LogP contribution < -0.4 is 11.1 Å². The molecule has 56 heavy (non-hydrogen) atoms. The third kappa shape index (κ3) is 8.02. The van der Waals surface area contributed by atoms with E-state index in [-0.39, 0.29) is 44.8 Å². The first-order valence-corrected chi connectivity index (χ1v) is 19.5. The Balaban J connectivity index is 1.09. The lowest BCUT2D eigenvalue weighted by atomic mass is 9.70. The van der Waals surface area contributed by atoms with Crippen LogP contribution in [0.2, 0.25) is 5.02 Å². The number of aromatic nitrogens is 1. The second-order valence-electron chi connectivity index (χ2n) is 14.2. The molecule has 5 aliphatic heterocycles. The number of Topliss-reactive ketones (excluding diaryl/α,β-unsaturated/α-hetero) is 2. The number of hydrogen-bond acceptors (Lipinski definition) is 15. The Morgan fingerprint density at radius 3 is 2.36 bits per heavy atom. The van der Waals surface area contributed by atoms with Gasteiger partial charge in [0.05, 0.1) is 42.4 Å². The molecule has 0 aliphatic carbocycles. The maximum Gasteiger partial charge on any atom is 0.352 e. The number of β-lactam (4-membered cyclic amide) rings is 1. The van der Waals surface area contributed by atoms with Gasteiger partial charge in [0.15, 0.2) is 28.1 Å². The second kappa shape index (κ2) is 15.7. The first kappa shape index (κ1) is 40.4. The number of carbonyl (C=O) groups excluding carboxylic acids is 4. The van der Waals surface area contributed by atoms with Gasteiger partial charge in [0, 0.05) is 59.9 Å². The van der Waals surface area contributed by atoms with Gasteiger partial charge in [0.1, 0.15) is 17.9 Å². The van der Waals surface area contributed by atoms with Crippen molar-refractivity contribution < 1.29 is 68.4 Å². The van der Waals surface area contributed by atoms with Crippen molar-refractivity contribution in [2.45, 2.75) is 43.6 Å². The smallest absolute Gasteiger partial charge is 0.352 e. The number of quaternary nitrogens is 1. The minimum absolute atomic E-state index is 0.0525. The SMILES string of the molecule is Nc1nc(/C(=N/O[C@@H](CC(=O)O)C(=O)O)C(=O)C[C@@H]2C(=O)N3C(C(=O)O)=C(C[N+]45CCC(CNC(=O)C(=O)c6cc(O)c(O)c(Cl)c6)(CC4)CC5)CS[C@H]23)cs1. The van der Waals surface area contributed by atoms with Crippen molar-refractivity contribution in [2.75, 3.05) is 44.2 Å². The van der Waals surface area contributed by atoms with E-state index in [0.29, 0.717) is 55.5 Å². The average molecular weight is 836 g/mol. The Morgan fingerprint density at radius 2 is 1.79 bits per heavy atom. The van der Waals surface area contributed by atoms with Gasteiger partial charge in [0.25, 0.3) is 5.91 Å². The van der Waals surface area contributed by atoms with Gasteiger partial charge in [-0.05, 0) is 12.1 Å². The molecule has 2 aromatic rings. The fraction of sp³-hybridized carbons (Fsp3) is 0.441. The summed E-state index contributed by atoms with van der Waals surface area (Å²) in [6.07, 6.45) is -1.25. The van der Waals surface area contributed by atoms with E-state index in [1.54, 1.807) is 0 Å². The number of fused-ring (bicyclic) bond motifs is 4. The number of nitrogens with zero attached hydrogens (tertiary/aromatic N) is 4. The highest BCUT2D eigenvalue weighted by atomic mass is 35.5. The third-order valence-electron chi connectivity index (χ3n) is 10.7. The molecule has 2 bridgehead atoms. The Labute approximate surface area is 330 Å². The summed E-state index contributed by atoms with van der Waals surface area (Å²) >= 11 is 8.11. The number of oxime groups is 1. The van der Waals surface area contributed by atoms with E-state index in [2.05, 4.69) is 15.5 Å². The molecule has 298 valence electrons. The summed E-state index contributed by atoms with van der Waals surface area (Å²) in [5.41, 5.74) is 5.17. The van der Waals surface area contributed by atoms with Gasteiger partial charge in [-0.25, -0.2) is 14.6 Å². The maximum atomic E-state index is 13.6. The Bertz CT molecular complexity index is 2060. The number of carboxylic acids is 3. The largest absolute Gasteiger partial charge is 0.504 e. The predicted molar refractivity (Wildman–Crippen MR) is 197 cm³/mol. The number of anilines is 1. The molecule has 0 saturated carbocycles. The maximum absolute atomic E-state index is 13.6. The molecule has 8 N–H and O–H groups in total. The zero-order chi connectivity index (χ0) is 40.7. The van der Waals surface area contributed by atoms with Gasteiger partial charge >= 0.3 is 17.9 Å². The summed E-state index contributed by atoms with van der Waals surface area (Å²) in [6, 6.07) is 2.06. The summed E-state index contributed by atoms with van der Waals surface area (Å²) in [4.78, 5) is 97.9. The van der Waals surface area contributed by atoms with Crippen molar-refractivity contribution in [3.05, 3.63) is 45.1 Å². The number of carboxylic acid groups (broad SMARTS) is 3. The molecular formula is C34H36ClN6O13S2+. The number of phenolic OH excluding ortho intramolecular Hbond substituents is 2. The van der Waals surface area contributed by atoms with E-state index >= 15 is 0 Å². The van der Waals surface area contributed by atoms with Crippen LogP contribution in [0.15, 0.2) is 33.9 Å². The molecule has 1 aromatic heterocycles. The lowest BCUT2D eigenvalue weighted by molar-refractivity contribution is -0.941. The van der Waals surface area contributed by atoms with Crippen LogP contribution in [0.1, 0.15) is 48.2 Å². The number of halogens is 1. The molecule has 5 aliphatic rings. The van der Waals surface area contributed by atoms with E-state index in [0.717, 1.165) is 23.5 Å². The number of nitrogen functional groups attached to an aromatic ring is 1. The van der Waals surface area contributed by atoms with Gasteiger partial charge < -0.3 is 45.9 Å². The van der Waals surface area contributed by atoms with Crippen molar-refractivity contribution in [2.24, 2.45) is 16.5 Å². The number of nitrogens with two attached hydrogens (primary N) is 1. The van der Waals surface area contributed by atoms with Gasteiger partial charge in [-0.2, -0.15) is 0 Å². The zero-order valence-electron chi connectivity index (χ0n) is 29.3. The van der Waals surface area contributed by atoms with Crippen LogP contribution in [-0.2, 0) is 33.6 Å². The molecule has 1 aromatic carbocycles. The number of nitrogens with one attached hydrogen (secondary N) is 1. The van der Waals surface area contributed by atoms with E-state index in [1.165, 1.54) is 22.0 Å². The number of carbonyl (C=O) groups is 7. The number of aromatic hydroxyl groups is 2. The number of amides is 2. The lowest BCUT2D eigenvalue weighted by Gasteiger charge is -2.56. The molecule has 4 saturated heterocycles. The number of thiazole rings is 1. The summed E-state index contributed by atoms with van der Waals surface area (Å²) in [7, 11) is 0. The quantitative estimate of drug-likeness (QED) is 0.0238. The number of ketones is 2. The number of rotatable bonds is 16. The lowest BCUT2D eigenvalue weighted by Crippen LogP contribution is -2.66. The Morgan fingerprint density at radius 1 is 1.11 bits per heavy atom. The molecule has 7 rings (SSSR count). The van der Waals surface area contributed by atoms with Crippen LogP contribution in [0.5, 0.6) is 11.5 Å². The Hall–Kier alpha value is -5.25. The van der Waals surface area contributed by atoms with Crippen LogP contribution >= 0.6 is 34.7 Å². The summed E-state index contributed by atoms with van der Waals surface area (Å²) in [6.45, 7) is 2.61. The molecule has 22 heteroatoms. The van der Waals surface area contributed by atoms with E-state index in [4.69, 9.17) is 27.3 Å². The van der Waals surface area contributed by atoms with Crippen molar-refractivity contribution in [3.63, 3.8) is 0 Å². The summed E-state index contributed by atoms with van der Waals surface area (Å²) in [5.74, 6) is -9.46. The summed E-state index contributed by atoms with van der Waals surface area (Å²) < 4.78 is 0.580.